The SMILES string of the molecule is N/C(=N/O)c1cc(F)ccc1NC(=O)C1CCOCC1. The molecule has 0 radical (unpaired) electrons. The zero-order valence-corrected chi connectivity index (χ0v) is 10.8. The van der Waals surface area contributed by atoms with E-state index >= 15 is 0 Å². The molecule has 2 rings (SSSR count). The number of amides is 1. The predicted molar refractivity (Wildman–Crippen MR) is 71.1 cm³/mol. The van der Waals surface area contributed by atoms with Crippen LogP contribution >= 0.6 is 0 Å². The fraction of sp³-hybridized carbons (Fsp3) is 0.385. The van der Waals surface area contributed by atoms with Gasteiger partial charge >= 0.3 is 0 Å². The minimum Gasteiger partial charge on any atom is -0.409 e. The summed E-state index contributed by atoms with van der Waals surface area (Å²) in [7, 11) is 0. The zero-order valence-electron chi connectivity index (χ0n) is 10.8. The molecule has 0 bridgehead atoms. The molecule has 0 unspecified atom stereocenters. The van der Waals surface area contributed by atoms with Crippen molar-refractivity contribution in [3.63, 3.8) is 0 Å². The lowest BCUT2D eigenvalue weighted by Crippen LogP contribution is -2.29. The van der Waals surface area contributed by atoms with E-state index in [2.05, 4.69) is 10.5 Å². The van der Waals surface area contributed by atoms with Gasteiger partial charge in [-0.3, -0.25) is 4.79 Å². The second kappa shape index (κ2) is 6.33. The van der Waals surface area contributed by atoms with Crippen LogP contribution in [0, 0.1) is 11.7 Å². The van der Waals surface area contributed by atoms with Crippen LogP contribution in [0.1, 0.15) is 18.4 Å². The number of carbonyl (C=O) groups is 1. The molecule has 1 fully saturated rings. The van der Waals surface area contributed by atoms with Crippen LogP contribution in [0.4, 0.5) is 10.1 Å². The van der Waals surface area contributed by atoms with Crippen LogP contribution in [0.2, 0.25) is 0 Å². The Morgan fingerprint density at radius 1 is 1.45 bits per heavy atom. The first-order valence-corrected chi connectivity index (χ1v) is 6.28. The third-order valence-corrected chi connectivity index (χ3v) is 3.22. The summed E-state index contributed by atoms with van der Waals surface area (Å²) in [4.78, 5) is 12.1. The zero-order chi connectivity index (χ0) is 14.5. The van der Waals surface area contributed by atoms with Crippen molar-refractivity contribution in [1.29, 1.82) is 0 Å². The average Bonchev–Trinajstić information content (AvgIpc) is 2.49. The highest BCUT2D eigenvalue weighted by molar-refractivity contribution is 6.05. The van der Waals surface area contributed by atoms with Gasteiger partial charge in [0.2, 0.25) is 5.91 Å². The van der Waals surface area contributed by atoms with E-state index in [9.17, 15) is 9.18 Å². The van der Waals surface area contributed by atoms with E-state index in [1.807, 2.05) is 0 Å². The number of nitrogens with zero attached hydrogens (tertiary/aromatic N) is 1. The molecule has 1 aromatic rings. The maximum absolute atomic E-state index is 13.2. The van der Waals surface area contributed by atoms with Crippen molar-refractivity contribution in [1.82, 2.24) is 0 Å². The minimum absolute atomic E-state index is 0.144. The number of halogens is 1. The van der Waals surface area contributed by atoms with Crippen molar-refractivity contribution in [2.24, 2.45) is 16.8 Å². The van der Waals surface area contributed by atoms with E-state index in [4.69, 9.17) is 15.7 Å². The van der Waals surface area contributed by atoms with Gasteiger partial charge in [0.15, 0.2) is 5.84 Å². The molecule has 1 aromatic carbocycles. The van der Waals surface area contributed by atoms with E-state index < -0.39 is 5.82 Å². The van der Waals surface area contributed by atoms with Crippen molar-refractivity contribution in [2.45, 2.75) is 12.8 Å². The van der Waals surface area contributed by atoms with Gasteiger partial charge in [0.05, 0.1) is 5.69 Å². The summed E-state index contributed by atoms with van der Waals surface area (Å²) in [6, 6.07) is 3.70. The molecule has 7 heteroatoms. The van der Waals surface area contributed by atoms with Gasteiger partial charge in [-0.1, -0.05) is 5.16 Å². The van der Waals surface area contributed by atoms with Crippen molar-refractivity contribution < 1.29 is 19.1 Å². The Kier molecular flexibility index (Phi) is 4.52. The standard InChI is InChI=1S/C13H16FN3O3/c14-9-1-2-11(10(7-9)12(15)17-19)16-13(18)8-3-5-20-6-4-8/h1-2,7-8,19H,3-6H2,(H2,15,17)(H,16,18). The van der Waals surface area contributed by atoms with Gasteiger partial charge in [-0.25, -0.2) is 4.39 Å². The van der Waals surface area contributed by atoms with Crippen molar-refractivity contribution in [3.05, 3.63) is 29.6 Å². The molecule has 6 nitrogen and oxygen atoms in total. The van der Waals surface area contributed by atoms with Crippen molar-refractivity contribution in [2.75, 3.05) is 18.5 Å². The van der Waals surface area contributed by atoms with E-state index in [1.54, 1.807) is 0 Å². The molecule has 0 atom stereocenters. The molecule has 0 spiro atoms. The molecule has 4 N–H and O–H groups in total. The first-order valence-electron chi connectivity index (χ1n) is 6.28. The van der Waals surface area contributed by atoms with Gasteiger partial charge in [-0.2, -0.15) is 0 Å². The Bertz CT molecular complexity index is 528. The molecule has 0 aromatic heterocycles. The molecule has 1 saturated heterocycles. The maximum atomic E-state index is 13.2. The van der Waals surface area contributed by atoms with Crippen LogP contribution in [0.15, 0.2) is 23.4 Å². The van der Waals surface area contributed by atoms with Crippen molar-refractivity contribution >= 4 is 17.4 Å². The molecule has 1 amide bonds. The van der Waals surface area contributed by atoms with Crippen LogP contribution < -0.4 is 11.1 Å². The molecule has 20 heavy (non-hydrogen) atoms. The highest BCUT2D eigenvalue weighted by atomic mass is 19.1. The lowest BCUT2D eigenvalue weighted by Gasteiger charge is -2.21. The molecule has 1 aliphatic rings. The van der Waals surface area contributed by atoms with E-state index in [0.29, 0.717) is 31.7 Å². The number of carbonyl (C=O) groups excluding carboxylic acids is 1. The summed E-state index contributed by atoms with van der Waals surface area (Å²) in [5, 5.41) is 14.2. The Morgan fingerprint density at radius 3 is 2.80 bits per heavy atom. The largest absolute Gasteiger partial charge is 0.409 e. The molecule has 0 aliphatic carbocycles. The smallest absolute Gasteiger partial charge is 0.227 e. The number of benzene rings is 1. The fourth-order valence-electron chi connectivity index (χ4n) is 2.09. The maximum Gasteiger partial charge on any atom is 0.227 e. The number of anilines is 1. The molecule has 108 valence electrons. The van der Waals surface area contributed by atoms with E-state index in [0.717, 1.165) is 6.07 Å². The number of rotatable bonds is 3. The second-order valence-corrected chi connectivity index (χ2v) is 4.55. The Hall–Kier alpha value is -2.15. The molecule has 1 aliphatic heterocycles. The second-order valence-electron chi connectivity index (χ2n) is 4.55. The van der Waals surface area contributed by atoms with Gasteiger partial charge < -0.3 is 21.0 Å². The number of hydrogen-bond donors (Lipinski definition) is 3. The summed E-state index contributed by atoms with van der Waals surface area (Å²) in [6.07, 6.45) is 1.29. The quantitative estimate of drug-likeness (QED) is 0.336. The van der Waals surface area contributed by atoms with Gasteiger partial charge in [0.25, 0.3) is 0 Å². The highest BCUT2D eigenvalue weighted by Crippen LogP contribution is 2.21. The number of hydrogen-bond acceptors (Lipinski definition) is 4. The van der Waals surface area contributed by atoms with Crippen molar-refractivity contribution in [3.8, 4) is 0 Å². The molecular formula is C13H16FN3O3. The number of amidine groups is 1. The lowest BCUT2D eigenvalue weighted by atomic mass is 9.99. The Morgan fingerprint density at radius 2 is 2.15 bits per heavy atom. The summed E-state index contributed by atoms with van der Waals surface area (Å²) in [5.41, 5.74) is 5.94. The van der Waals surface area contributed by atoms with Gasteiger partial charge in [0, 0.05) is 24.7 Å². The van der Waals surface area contributed by atoms with Gasteiger partial charge in [0.1, 0.15) is 5.82 Å². The monoisotopic (exact) mass is 281 g/mol. The Balaban J connectivity index is 2.18. The third-order valence-electron chi connectivity index (χ3n) is 3.22. The van der Waals surface area contributed by atoms with Crippen LogP contribution in [-0.2, 0) is 9.53 Å². The predicted octanol–water partition coefficient (Wildman–Crippen LogP) is 1.29. The summed E-state index contributed by atoms with van der Waals surface area (Å²) < 4.78 is 18.4. The lowest BCUT2D eigenvalue weighted by molar-refractivity contribution is -0.122. The van der Waals surface area contributed by atoms with Crippen LogP contribution in [-0.4, -0.2) is 30.2 Å². The first-order chi connectivity index (χ1) is 9.61. The van der Waals surface area contributed by atoms with Crippen LogP contribution in [0.3, 0.4) is 0 Å². The summed E-state index contributed by atoms with van der Waals surface area (Å²) in [5.74, 6) is -1.11. The topological polar surface area (TPSA) is 96.9 Å². The minimum atomic E-state index is -0.532. The van der Waals surface area contributed by atoms with E-state index in [1.165, 1.54) is 12.1 Å². The van der Waals surface area contributed by atoms with Crippen LogP contribution in [0.25, 0.3) is 0 Å². The molecule has 1 heterocycles. The van der Waals surface area contributed by atoms with Crippen LogP contribution in [0.5, 0.6) is 0 Å². The van der Waals surface area contributed by atoms with Gasteiger partial charge in [-0.15, -0.1) is 0 Å². The normalized spacial score (nSPS) is 16.9. The molecular weight excluding hydrogens is 265 g/mol. The first kappa shape index (κ1) is 14.3. The van der Waals surface area contributed by atoms with Gasteiger partial charge in [-0.05, 0) is 31.0 Å². The highest BCUT2D eigenvalue weighted by Gasteiger charge is 2.22. The number of ether oxygens (including phenoxy) is 1. The summed E-state index contributed by atoms with van der Waals surface area (Å²) >= 11 is 0. The number of nitrogens with one attached hydrogen (secondary N) is 1. The number of nitrogens with two attached hydrogens (primary N) is 1. The Labute approximate surface area is 115 Å². The molecule has 0 saturated carbocycles. The number of oxime groups is 1. The summed E-state index contributed by atoms with van der Waals surface area (Å²) in [6.45, 7) is 1.10. The van der Waals surface area contributed by atoms with E-state index in [-0.39, 0.29) is 23.2 Å². The third kappa shape index (κ3) is 3.24. The fourth-order valence-corrected chi connectivity index (χ4v) is 2.09. The average molecular weight is 281 g/mol.